The number of carboxylic acid groups (broad SMARTS) is 2. The normalized spacial score (nSPS) is 20.2. The van der Waals surface area contributed by atoms with Gasteiger partial charge in [0, 0.05) is 62.6 Å². The number of carbonyl (C=O) groups excluding carboxylic acids is 3. The molecule has 2 fully saturated rings. The Morgan fingerprint density at radius 2 is 1.91 bits per heavy atom. The number of carboxylic acids is 2. The number of hydrogen-bond acceptors (Lipinski definition) is 10. The molecule has 4 heterocycles. The molecule has 1 aromatic carbocycles. The van der Waals surface area contributed by atoms with Gasteiger partial charge in [0.05, 0.1) is 29.1 Å². The molecule has 0 spiro atoms. The van der Waals surface area contributed by atoms with Crippen LogP contribution in [0.25, 0.3) is 10.9 Å². The summed E-state index contributed by atoms with van der Waals surface area (Å²) in [6, 6.07) is 1.85. The van der Waals surface area contributed by atoms with E-state index >= 15 is 4.39 Å². The number of rotatable bonds is 8. The number of pyridine rings is 1. The van der Waals surface area contributed by atoms with Crippen LogP contribution in [0.4, 0.5) is 10.1 Å². The summed E-state index contributed by atoms with van der Waals surface area (Å²) in [6.45, 7) is 4.91. The minimum Gasteiger partial charge on any atom is -0.545 e. The van der Waals surface area contributed by atoms with Gasteiger partial charge >= 0.3 is 41.5 Å². The number of aliphatic imine (C=N–C) groups is 1. The summed E-state index contributed by atoms with van der Waals surface area (Å²) in [4.78, 5) is 69.1. The largest absolute Gasteiger partial charge is 1.00 e. The van der Waals surface area contributed by atoms with Crippen molar-refractivity contribution in [3.8, 4) is 0 Å². The Morgan fingerprint density at radius 1 is 1.21 bits per heavy atom. The summed E-state index contributed by atoms with van der Waals surface area (Å²) in [5, 5.41) is 20.5. The van der Waals surface area contributed by atoms with Gasteiger partial charge in [0.1, 0.15) is 23.5 Å². The molecule has 0 unspecified atom stereocenters. The molecule has 222 valence electrons. The first kappa shape index (κ1) is 32.5. The minimum absolute atomic E-state index is 0. The van der Waals surface area contributed by atoms with Crippen LogP contribution in [0.2, 0.25) is 0 Å². The molecule has 2 atom stereocenters. The van der Waals surface area contributed by atoms with E-state index in [0.717, 1.165) is 6.07 Å². The van der Waals surface area contributed by atoms with E-state index in [-0.39, 0.29) is 58.7 Å². The number of aryl methyl sites for hydroxylation is 1. The van der Waals surface area contributed by atoms with E-state index in [2.05, 4.69) is 4.99 Å². The first-order valence-corrected chi connectivity index (χ1v) is 14.2. The molecule has 2 saturated heterocycles. The molecule has 1 N–H and O–H groups in total. The van der Waals surface area contributed by atoms with Gasteiger partial charge in [-0.15, -0.1) is 11.8 Å². The summed E-state index contributed by atoms with van der Waals surface area (Å²) < 4.78 is 21.7. The van der Waals surface area contributed by atoms with Crippen molar-refractivity contribution in [2.75, 3.05) is 43.4 Å². The molecule has 43 heavy (non-hydrogen) atoms. The molecule has 1 aromatic heterocycles. The molecular weight excluding hydrogens is 596 g/mol. The number of esters is 1. The third-order valence-electron chi connectivity index (χ3n) is 7.43. The van der Waals surface area contributed by atoms with Crippen molar-refractivity contribution < 1.29 is 68.1 Å². The number of aromatic carboxylic acids is 1. The number of benzene rings is 1. The zero-order valence-corrected chi connectivity index (χ0v) is 26.6. The molecule has 0 radical (unpaired) electrons. The van der Waals surface area contributed by atoms with Crippen molar-refractivity contribution in [3.05, 3.63) is 51.2 Å². The molecule has 13 nitrogen and oxygen atoms in total. The first-order valence-electron chi connectivity index (χ1n) is 13.2. The van der Waals surface area contributed by atoms with E-state index in [0.29, 0.717) is 43.8 Å². The van der Waals surface area contributed by atoms with Gasteiger partial charge in [-0.05, 0) is 19.1 Å². The SMILES string of the molecule is CCn1cc(C(=O)[O-])c(=O)c2cc(F)c(N3CCN(C=N[C@@H]4C(=O)N5C(C(=O)O)=C(COC(C)=O)CS[C@H]45)CC3)cc21.[Na+]. The number of aromatic nitrogens is 1. The van der Waals surface area contributed by atoms with Gasteiger partial charge in [-0.2, -0.15) is 0 Å². The summed E-state index contributed by atoms with van der Waals surface area (Å²) in [7, 11) is 0. The van der Waals surface area contributed by atoms with Crippen LogP contribution in [0.1, 0.15) is 24.2 Å². The molecular formula is C27H27FN5NaO8S. The minimum atomic E-state index is -1.62. The second-order valence-electron chi connectivity index (χ2n) is 9.95. The number of aliphatic carboxylic acids is 1. The van der Waals surface area contributed by atoms with Crippen LogP contribution >= 0.6 is 11.8 Å². The molecule has 16 heteroatoms. The Morgan fingerprint density at radius 3 is 2.51 bits per heavy atom. The van der Waals surface area contributed by atoms with E-state index in [4.69, 9.17) is 4.74 Å². The van der Waals surface area contributed by atoms with Gasteiger partial charge in [0.25, 0.3) is 5.91 Å². The van der Waals surface area contributed by atoms with Crippen LogP contribution < -0.4 is 45.0 Å². The van der Waals surface area contributed by atoms with Gasteiger partial charge < -0.3 is 34.1 Å². The second kappa shape index (κ2) is 13.1. The van der Waals surface area contributed by atoms with Gasteiger partial charge in [-0.25, -0.2) is 9.18 Å². The Kier molecular flexibility index (Phi) is 9.89. The number of nitrogens with zero attached hydrogens (tertiary/aromatic N) is 5. The number of carbonyl (C=O) groups is 4. The molecule has 3 aliphatic rings. The number of hydrogen-bond donors (Lipinski definition) is 1. The number of fused-ring (bicyclic) bond motifs is 2. The summed E-state index contributed by atoms with van der Waals surface area (Å²) in [6.07, 6.45) is 2.77. The van der Waals surface area contributed by atoms with E-state index in [1.54, 1.807) is 23.9 Å². The number of ether oxygens (including phenoxy) is 1. The molecule has 5 rings (SSSR count). The van der Waals surface area contributed by atoms with Crippen LogP contribution in [-0.2, 0) is 25.7 Å². The third-order valence-corrected chi connectivity index (χ3v) is 8.75. The van der Waals surface area contributed by atoms with Crippen molar-refractivity contribution in [2.45, 2.75) is 31.8 Å². The van der Waals surface area contributed by atoms with Crippen LogP contribution in [0.15, 0.2) is 39.4 Å². The average Bonchev–Trinajstić information content (AvgIpc) is 2.96. The topological polar surface area (TPSA) is 165 Å². The average molecular weight is 624 g/mol. The predicted molar refractivity (Wildman–Crippen MR) is 149 cm³/mol. The third kappa shape index (κ3) is 6.16. The molecule has 0 aliphatic carbocycles. The van der Waals surface area contributed by atoms with Gasteiger partial charge in [0.15, 0.2) is 11.5 Å². The Balaban J connectivity index is 0.00000423. The number of piperazine rings is 1. The van der Waals surface area contributed by atoms with Crippen LogP contribution in [0.5, 0.6) is 0 Å². The Bertz CT molecular complexity index is 1620. The summed E-state index contributed by atoms with van der Waals surface area (Å²) >= 11 is 1.35. The van der Waals surface area contributed by atoms with Crippen LogP contribution in [0, 0.1) is 5.82 Å². The van der Waals surface area contributed by atoms with Crippen molar-refractivity contribution in [2.24, 2.45) is 4.99 Å². The maximum absolute atomic E-state index is 15.2. The molecule has 0 saturated carbocycles. The fourth-order valence-electron chi connectivity index (χ4n) is 5.26. The van der Waals surface area contributed by atoms with E-state index in [1.807, 2.05) is 9.80 Å². The quantitative estimate of drug-likeness (QED) is 0.104. The van der Waals surface area contributed by atoms with E-state index < -0.39 is 52.0 Å². The number of halogens is 1. The maximum atomic E-state index is 15.2. The molecule has 2 aromatic rings. The van der Waals surface area contributed by atoms with Crippen molar-refractivity contribution >= 4 is 58.5 Å². The predicted octanol–water partition coefficient (Wildman–Crippen LogP) is -3.14. The zero-order valence-electron chi connectivity index (χ0n) is 23.7. The monoisotopic (exact) mass is 623 g/mol. The van der Waals surface area contributed by atoms with Crippen LogP contribution in [-0.4, -0.2) is 99.6 Å². The summed E-state index contributed by atoms with van der Waals surface area (Å²) in [5.74, 6) is -4.26. The van der Waals surface area contributed by atoms with Crippen molar-refractivity contribution in [1.29, 1.82) is 0 Å². The summed E-state index contributed by atoms with van der Waals surface area (Å²) in [5.41, 5.74) is -0.455. The Labute approximate surface area is 271 Å². The molecule has 0 bridgehead atoms. The molecule has 1 amide bonds. The van der Waals surface area contributed by atoms with E-state index in [9.17, 15) is 34.2 Å². The van der Waals surface area contributed by atoms with Crippen LogP contribution in [0.3, 0.4) is 0 Å². The Hall–Kier alpha value is -3.40. The van der Waals surface area contributed by atoms with E-state index in [1.165, 1.54) is 29.8 Å². The zero-order chi connectivity index (χ0) is 30.3. The fraction of sp³-hybridized carbons (Fsp3) is 0.407. The van der Waals surface area contributed by atoms with Gasteiger partial charge in [-0.3, -0.25) is 24.3 Å². The standard InChI is InChI=1S/C27H28FN5O8S.Na/c1-3-31-10-17(26(37)38)23(35)16-8-18(28)20(9-19(16)31)32-6-4-30(5-7-32)13-29-21-24(36)33-22(27(39)40)15(11-41-14(2)34)12-42-25(21)33;/h8-10,13,21,25H,3-7,11-12H2,1-2H3,(H,37,38)(H,39,40);/q;+1/p-1/t21-,25-;/m1./s1. The van der Waals surface area contributed by atoms with Gasteiger partial charge in [0.2, 0.25) is 0 Å². The van der Waals surface area contributed by atoms with Crippen molar-refractivity contribution in [1.82, 2.24) is 14.4 Å². The number of thioether (sulfide) groups is 1. The first-order chi connectivity index (χ1) is 20.0. The number of anilines is 1. The number of β-lactam (4-membered cyclic amide) rings is 1. The van der Waals surface area contributed by atoms with Gasteiger partial charge in [-0.1, -0.05) is 0 Å². The second-order valence-corrected chi connectivity index (χ2v) is 11.1. The fourth-order valence-corrected chi connectivity index (χ4v) is 6.58. The maximum Gasteiger partial charge on any atom is 1.00 e. The molecule has 3 aliphatic heterocycles. The van der Waals surface area contributed by atoms with Crippen molar-refractivity contribution in [3.63, 3.8) is 0 Å². The smallest absolute Gasteiger partial charge is 0.545 e. The number of amides is 1.